The number of hydrogen-bond acceptors (Lipinski definition) is 4. The molecule has 8 heteroatoms. The first-order valence-electron chi connectivity index (χ1n) is 6.33. The lowest BCUT2D eigenvalue weighted by Gasteiger charge is -2.25. The molecular weight excluding hydrogens is 328 g/mol. The molecule has 1 aromatic carbocycles. The number of rotatable bonds is 5. The molecule has 120 valence electrons. The van der Waals surface area contributed by atoms with Crippen LogP contribution < -0.4 is 0 Å². The Morgan fingerprint density at radius 2 is 2.00 bits per heavy atom. The molecule has 0 heterocycles. The summed E-state index contributed by atoms with van der Waals surface area (Å²) in [6.07, 6.45) is 0. The third kappa shape index (κ3) is 3.77. The van der Waals surface area contributed by atoms with Gasteiger partial charge in [0, 0.05) is 18.6 Å². The average molecular weight is 345 g/mol. The van der Waals surface area contributed by atoms with Crippen molar-refractivity contribution in [3.05, 3.63) is 28.3 Å². The highest BCUT2D eigenvalue weighted by Crippen LogP contribution is 2.28. The quantitative estimate of drug-likeness (QED) is 0.884. The van der Waals surface area contributed by atoms with Gasteiger partial charge in [-0.3, -0.25) is 0 Å². The molecule has 0 amide bonds. The maximum Gasteiger partial charge on any atom is 0.336 e. The van der Waals surface area contributed by atoms with Crippen LogP contribution in [0.2, 0.25) is 5.02 Å². The van der Waals surface area contributed by atoms with Crippen LogP contribution in [0.5, 0.6) is 0 Å². The third-order valence-corrected chi connectivity index (χ3v) is 5.31. The van der Waals surface area contributed by atoms with E-state index in [1.54, 1.807) is 13.8 Å². The summed E-state index contributed by atoms with van der Waals surface area (Å²) in [4.78, 5) is 11.0. The number of nitriles is 1. The van der Waals surface area contributed by atoms with E-state index >= 15 is 0 Å². The van der Waals surface area contributed by atoms with Crippen LogP contribution >= 0.6 is 11.6 Å². The molecule has 22 heavy (non-hydrogen) atoms. The molecule has 1 N–H and O–H groups in total. The Kier molecular flexibility index (Phi) is 5.23. The minimum absolute atomic E-state index is 0.0227. The van der Waals surface area contributed by atoms with Crippen molar-refractivity contribution < 1.29 is 18.3 Å². The van der Waals surface area contributed by atoms with Gasteiger partial charge in [-0.2, -0.15) is 9.57 Å². The molecule has 0 fully saturated rings. The van der Waals surface area contributed by atoms with Gasteiger partial charge >= 0.3 is 5.97 Å². The van der Waals surface area contributed by atoms with Gasteiger partial charge < -0.3 is 5.11 Å². The summed E-state index contributed by atoms with van der Waals surface area (Å²) in [7, 11) is -2.61. The summed E-state index contributed by atoms with van der Waals surface area (Å²) in [6, 6.07) is 4.45. The number of nitrogens with zero attached hydrogens (tertiary/aromatic N) is 2. The highest BCUT2D eigenvalue weighted by Gasteiger charge is 2.30. The number of hydrogen-bond donors (Lipinski definition) is 1. The molecule has 0 atom stereocenters. The Hall–Kier alpha value is -1.62. The molecule has 0 saturated carbocycles. The van der Waals surface area contributed by atoms with Crippen LogP contribution in [0.15, 0.2) is 17.0 Å². The van der Waals surface area contributed by atoms with Crippen LogP contribution in [0.4, 0.5) is 0 Å². The molecule has 1 rings (SSSR count). The topological polar surface area (TPSA) is 98.5 Å². The number of carboxylic acids is 1. The Bertz CT molecular complexity index is 751. The van der Waals surface area contributed by atoms with Gasteiger partial charge in [-0.15, -0.1) is 0 Å². The fraction of sp³-hybridized carbons (Fsp3) is 0.429. The lowest BCUT2D eigenvalue weighted by molar-refractivity contribution is 0.0695. The molecule has 0 aliphatic carbocycles. The molecule has 0 radical (unpaired) electrons. The zero-order valence-corrected chi connectivity index (χ0v) is 14.3. The standard InChI is InChI=1S/C14H17ClN2O4S/c1-9-11(13(18)19)5-10(15)6-12(9)22(20,21)17(4)8-14(2,3)7-16/h5-6H,8H2,1-4H3,(H,18,19). The van der Waals surface area contributed by atoms with E-state index in [2.05, 4.69) is 0 Å². The van der Waals surface area contributed by atoms with Crippen molar-refractivity contribution in [2.75, 3.05) is 13.6 Å². The second kappa shape index (κ2) is 6.24. The second-order valence-corrected chi connectivity index (χ2v) is 8.09. The molecular formula is C14H17ClN2O4S. The largest absolute Gasteiger partial charge is 0.478 e. The molecule has 0 aliphatic heterocycles. The highest BCUT2D eigenvalue weighted by molar-refractivity contribution is 7.89. The van der Waals surface area contributed by atoms with E-state index in [1.165, 1.54) is 26.1 Å². The predicted molar refractivity (Wildman–Crippen MR) is 82.4 cm³/mol. The van der Waals surface area contributed by atoms with Crippen LogP contribution in [0.1, 0.15) is 29.8 Å². The number of carboxylic acid groups (broad SMARTS) is 1. The van der Waals surface area contributed by atoms with Crippen molar-refractivity contribution in [2.45, 2.75) is 25.7 Å². The van der Waals surface area contributed by atoms with E-state index in [4.69, 9.17) is 22.0 Å². The Morgan fingerprint density at radius 3 is 2.45 bits per heavy atom. The van der Waals surface area contributed by atoms with E-state index in [0.29, 0.717) is 0 Å². The molecule has 0 aliphatic rings. The highest BCUT2D eigenvalue weighted by atomic mass is 35.5. The Morgan fingerprint density at radius 1 is 1.45 bits per heavy atom. The average Bonchev–Trinajstić information content (AvgIpc) is 2.40. The number of benzene rings is 1. The summed E-state index contributed by atoms with van der Waals surface area (Å²) in [6.45, 7) is 4.62. The maximum absolute atomic E-state index is 12.6. The van der Waals surface area contributed by atoms with Crippen LogP contribution in [-0.4, -0.2) is 37.4 Å². The zero-order valence-electron chi connectivity index (χ0n) is 12.7. The summed E-state index contributed by atoms with van der Waals surface area (Å²) in [5, 5.41) is 18.2. The number of carbonyl (C=O) groups is 1. The molecule has 0 spiro atoms. The van der Waals surface area contributed by atoms with Crippen LogP contribution in [-0.2, 0) is 10.0 Å². The molecule has 0 aromatic heterocycles. The fourth-order valence-corrected chi connectivity index (χ4v) is 3.87. The Balaban J connectivity index is 3.42. The predicted octanol–water partition coefficient (Wildman–Crippen LogP) is 2.52. The minimum atomic E-state index is -3.96. The lowest BCUT2D eigenvalue weighted by Crippen LogP contribution is -2.35. The number of sulfonamides is 1. The summed E-state index contributed by atoms with van der Waals surface area (Å²) in [5.41, 5.74) is -0.929. The van der Waals surface area contributed by atoms with Crippen LogP contribution in [0.3, 0.4) is 0 Å². The van der Waals surface area contributed by atoms with Gasteiger partial charge in [-0.25, -0.2) is 13.2 Å². The second-order valence-electron chi connectivity index (χ2n) is 5.64. The monoisotopic (exact) mass is 344 g/mol. The van der Waals surface area contributed by atoms with E-state index < -0.39 is 21.4 Å². The van der Waals surface area contributed by atoms with Crippen molar-refractivity contribution in [2.24, 2.45) is 5.41 Å². The van der Waals surface area contributed by atoms with Crippen molar-refractivity contribution in [3.8, 4) is 6.07 Å². The van der Waals surface area contributed by atoms with E-state index in [0.717, 1.165) is 4.31 Å². The lowest BCUT2D eigenvalue weighted by atomic mass is 9.96. The van der Waals surface area contributed by atoms with Gasteiger partial charge in [0.05, 0.1) is 21.9 Å². The van der Waals surface area contributed by atoms with Crippen molar-refractivity contribution in [3.63, 3.8) is 0 Å². The minimum Gasteiger partial charge on any atom is -0.478 e. The van der Waals surface area contributed by atoms with E-state index in [-0.39, 0.29) is 27.6 Å². The maximum atomic E-state index is 12.6. The van der Waals surface area contributed by atoms with Gasteiger partial charge in [0.2, 0.25) is 10.0 Å². The zero-order chi connectivity index (χ0) is 17.3. The van der Waals surface area contributed by atoms with Gasteiger partial charge in [-0.1, -0.05) is 11.6 Å². The molecule has 0 bridgehead atoms. The van der Waals surface area contributed by atoms with Gasteiger partial charge in [-0.05, 0) is 38.5 Å². The summed E-state index contributed by atoms with van der Waals surface area (Å²) < 4.78 is 26.3. The van der Waals surface area contributed by atoms with Crippen molar-refractivity contribution in [1.29, 1.82) is 5.26 Å². The first kappa shape index (κ1) is 18.4. The molecule has 1 aromatic rings. The third-order valence-electron chi connectivity index (χ3n) is 3.16. The van der Waals surface area contributed by atoms with Crippen LogP contribution in [0, 0.1) is 23.7 Å². The Labute approximate surface area is 135 Å². The molecule has 0 saturated heterocycles. The van der Waals surface area contributed by atoms with E-state index in [9.17, 15) is 13.2 Å². The fourth-order valence-electron chi connectivity index (χ4n) is 1.99. The van der Waals surface area contributed by atoms with E-state index in [1.807, 2.05) is 6.07 Å². The first-order valence-corrected chi connectivity index (χ1v) is 8.15. The molecule has 6 nitrogen and oxygen atoms in total. The molecule has 0 unspecified atom stereocenters. The summed E-state index contributed by atoms with van der Waals surface area (Å²) in [5.74, 6) is -1.25. The van der Waals surface area contributed by atoms with Crippen molar-refractivity contribution >= 4 is 27.6 Å². The SMILES string of the molecule is Cc1c(C(=O)O)cc(Cl)cc1S(=O)(=O)N(C)CC(C)(C)C#N. The number of halogens is 1. The first-order chi connectivity index (χ1) is 9.92. The van der Waals surface area contributed by atoms with Gasteiger partial charge in [0.15, 0.2) is 0 Å². The van der Waals surface area contributed by atoms with Crippen molar-refractivity contribution in [1.82, 2.24) is 4.31 Å². The smallest absolute Gasteiger partial charge is 0.336 e. The van der Waals surface area contributed by atoms with Gasteiger partial charge in [0.25, 0.3) is 0 Å². The normalized spacial score (nSPS) is 12.2. The number of aromatic carboxylic acids is 1. The van der Waals surface area contributed by atoms with Crippen LogP contribution in [0.25, 0.3) is 0 Å². The summed E-state index contributed by atoms with van der Waals surface area (Å²) >= 11 is 5.84. The van der Waals surface area contributed by atoms with Gasteiger partial charge in [0.1, 0.15) is 0 Å².